The van der Waals surface area contributed by atoms with Gasteiger partial charge in [-0.25, -0.2) is 0 Å². The van der Waals surface area contributed by atoms with Gasteiger partial charge in [0, 0.05) is 25.0 Å². The van der Waals surface area contributed by atoms with Crippen LogP contribution in [0.5, 0.6) is 0 Å². The van der Waals surface area contributed by atoms with Gasteiger partial charge in [0.2, 0.25) is 11.4 Å². The number of thiazole rings is 2. The van der Waals surface area contributed by atoms with Crippen molar-refractivity contribution in [2.45, 2.75) is 43.3 Å². The van der Waals surface area contributed by atoms with Gasteiger partial charge in [-0.2, -0.15) is 0 Å². The van der Waals surface area contributed by atoms with Crippen molar-refractivity contribution in [1.82, 2.24) is 0 Å². The fourth-order valence-electron chi connectivity index (χ4n) is 3.10. The molecule has 0 aliphatic rings. The first-order valence-corrected chi connectivity index (χ1v) is 12.3. The number of aryl methyl sites for hydroxylation is 2. The molecule has 0 fully saturated rings. The Hall–Kier alpha value is -0.820. The van der Waals surface area contributed by atoms with Crippen LogP contribution in [0.25, 0.3) is 11.4 Å². The summed E-state index contributed by atoms with van der Waals surface area (Å²) < 4.78 is 7.46. The third-order valence-electron chi connectivity index (χ3n) is 4.73. The van der Waals surface area contributed by atoms with Crippen LogP contribution in [-0.4, -0.2) is 12.5 Å². The summed E-state index contributed by atoms with van der Waals surface area (Å²) in [7, 11) is 0. The predicted octanol–water partition coefficient (Wildman–Crippen LogP) is 5.35. The summed E-state index contributed by atoms with van der Waals surface area (Å²) in [6.07, 6.45) is 4.31. The number of nitrogens with zero attached hydrogens (tertiary/aromatic N) is 2. The molecule has 0 amide bonds. The molecule has 0 aliphatic heterocycles. The maximum Gasteiger partial charge on any atom is 0.303 e. The maximum atomic E-state index is 2.40. The smallest absolute Gasteiger partial charge is 0.142 e. The zero-order valence-corrected chi connectivity index (χ0v) is 19.0. The first-order chi connectivity index (χ1) is 11.9. The van der Waals surface area contributed by atoms with Crippen molar-refractivity contribution in [1.29, 1.82) is 0 Å². The van der Waals surface area contributed by atoms with Gasteiger partial charge in [-0.15, -0.1) is 9.13 Å². The standard InChI is InChI=1S/C19H24N2S4/c1-11-9-24-18(22-6)20(11)16-8-17(15(5)13(3)14(16)4)21-12(2)10-25-19(21)23-7/h8-10H,1-7H3/q+2. The molecule has 0 spiro atoms. The van der Waals surface area contributed by atoms with E-state index >= 15 is 0 Å². The quantitative estimate of drug-likeness (QED) is 0.425. The van der Waals surface area contributed by atoms with E-state index in [2.05, 4.69) is 73.1 Å². The van der Waals surface area contributed by atoms with Gasteiger partial charge in [0.1, 0.15) is 0 Å². The highest BCUT2D eigenvalue weighted by Crippen LogP contribution is 2.29. The van der Waals surface area contributed by atoms with Gasteiger partial charge in [0.05, 0.1) is 16.8 Å². The second-order valence-electron chi connectivity index (χ2n) is 6.15. The Bertz CT molecular complexity index is 865. The average molecular weight is 409 g/mol. The molecule has 6 heteroatoms. The molecule has 0 aliphatic carbocycles. The SMILES string of the molecule is CSc1scc(C)[n+]1-c1cc(-[n+]2c(C)csc2SC)c(C)c(C)c1C. The van der Waals surface area contributed by atoms with E-state index in [4.69, 9.17) is 0 Å². The monoisotopic (exact) mass is 408 g/mol. The molecule has 25 heavy (non-hydrogen) atoms. The Kier molecular flexibility index (Phi) is 5.63. The molecule has 0 radical (unpaired) electrons. The first kappa shape index (κ1) is 19.0. The number of hydrogen-bond donors (Lipinski definition) is 0. The molecule has 2 nitrogen and oxygen atoms in total. The van der Waals surface area contributed by atoms with E-state index in [0.29, 0.717) is 0 Å². The Morgan fingerprint density at radius 1 is 0.680 bits per heavy atom. The van der Waals surface area contributed by atoms with Crippen molar-refractivity contribution in [2.24, 2.45) is 0 Å². The molecule has 0 N–H and O–H groups in total. The Balaban J connectivity index is 2.35. The van der Waals surface area contributed by atoms with Crippen molar-refractivity contribution >= 4 is 46.2 Å². The highest BCUT2D eigenvalue weighted by Gasteiger charge is 2.29. The second-order valence-corrected chi connectivity index (χ2v) is 9.98. The van der Waals surface area contributed by atoms with Gasteiger partial charge in [0.25, 0.3) is 0 Å². The van der Waals surface area contributed by atoms with E-state index in [-0.39, 0.29) is 0 Å². The molecule has 3 aromatic rings. The van der Waals surface area contributed by atoms with Crippen LogP contribution in [0.4, 0.5) is 0 Å². The molecule has 2 heterocycles. The van der Waals surface area contributed by atoms with Crippen LogP contribution in [0.1, 0.15) is 28.1 Å². The van der Waals surface area contributed by atoms with E-state index in [1.807, 2.05) is 46.2 Å². The fourth-order valence-corrected chi connectivity index (χ4v) is 6.46. The lowest BCUT2D eigenvalue weighted by Crippen LogP contribution is -2.39. The predicted molar refractivity (Wildman–Crippen MR) is 113 cm³/mol. The molecule has 0 bridgehead atoms. The van der Waals surface area contributed by atoms with Gasteiger partial charge in [0.15, 0.2) is 11.4 Å². The zero-order chi connectivity index (χ0) is 18.3. The number of rotatable bonds is 4. The van der Waals surface area contributed by atoms with E-state index in [1.54, 1.807) is 0 Å². The van der Waals surface area contributed by atoms with Gasteiger partial charge < -0.3 is 0 Å². The van der Waals surface area contributed by atoms with Crippen LogP contribution in [0.15, 0.2) is 25.5 Å². The summed E-state index contributed by atoms with van der Waals surface area (Å²) in [5.41, 5.74) is 9.29. The molecule has 0 unspecified atom stereocenters. The molecule has 0 saturated heterocycles. The normalized spacial score (nSPS) is 11.3. The summed E-state index contributed by atoms with van der Waals surface area (Å²) in [6, 6.07) is 2.37. The second kappa shape index (κ2) is 7.43. The number of benzene rings is 1. The van der Waals surface area contributed by atoms with Crippen molar-refractivity contribution < 1.29 is 9.13 Å². The lowest BCUT2D eigenvalue weighted by molar-refractivity contribution is -0.643. The van der Waals surface area contributed by atoms with Crippen molar-refractivity contribution in [3.8, 4) is 11.4 Å². The molecule has 0 saturated carbocycles. The molecular weight excluding hydrogens is 384 g/mol. The lowest BCUT2D eigenvalue weighted by atomic mass is 10.00. The maximum absolute atomic E-state index is 2.40. The van der Waals surface area contributed by atoms with Crippen molar-refractivity contribution in [3.05, 3.63) is 44.9 Å². The molecular formula is C19H24N2S4+2. The highest BCUT2D eigenvalue weighted by molar-refractivity contribution is 8.00. The van der Waals surface area contributed by atoms with Gasteiger partial charge >= 0.3 is 8.68 Å². The minimum atomic E-state index is 1.30. The average Bonchev–Trinajstić information content (AvgIpc) is 3.16. The van der Waals surface area contributed by atoms with E-state index in [0.717, 1.165) is 0 Å². The zero-order valence-electron chi connectivity index (χ0n) is 15.8. The van der Waals surface area contributed by atoms with E-state index < -0.39 is 0 Å². The minimum Gasteiger partial charge on any atom is -0.142 e. The summed E-state index contributed by atoms with van der Waals surface area (Å²) in [4.78, 5) is 0. The summed E-state index contributed by atoms with van der Waals surface area (Å²) >= 11 is 7.28. The molecule has 132 valence electrons. The number of aromatic nitrogens is 2. The van der Waals surface area contributed by atoms with Crippen LogP contribution in [0, 0.1) is 34.6 Å². The first-order valence-electron chi connectivity index (χ1n) is 8.10. The number of thioether (sulfide) groups is 2. The molecule has 0 atom stereocenters. The Morgan fingerprint density at radius 3 is 1.44 bits per heavy atom. The Labute approximate surface area is 166 Å². The van der Waals surface area contributed by atoms with Crippen LogP contribution >= 0.6 is 46.2 Å². The van der Waals surface area contributed by atoms with Crippen LogP contribution in [-0.2, 0) is 0 Å². The Morgan fingerprint density at radius 2 is 1.08 bits per heavy atom. The summed E-state index contributed by atoms with van der Waals surface area (Å²) in [5, 5.41) is 4.49. The van der Waals surface area contributed by atoms with Crippen LogP contribution < -0.4 is 9.13 Å². The lowest BCUT2D eigenvalue weighted by Gasteiger charge is -2.10. The van der Waals surface area contributed by atoms with Gasteiger partial charge in [-0.05, 0) is 62.4 Å². The summed E-state index contributed by atoms with van der Waals surface area (Å²) in [6.45, 7) is 11.1. The topological polar surface area (TPSA) is 7.76 Å². The summed E-state index contributed by atoms with van der Waals surface area (Å²) in [5.74, 6) is 0. The number of hydrogen-bond acceptors (Lipinski definition) is 4. The molecule has 2 aromatic heterocycles. The van der Waals surface area contributed by atoms with Crippen molar-refractivity contribution in [3.63, 3.8) is 0 Å². The van der Waals surface area contributed by atoms with Crippen LogP contribution in [0.3, 0.4) is 0 Å². The van der Waals surface area contributed by atoms with Gasteiger partial charge in [-0.3, -0.25) is 0 Å². The third kappa shape index (κ3) is 3.18. The van der Waals surface area contributed by atoms with E-state index in [1.165, 1.54) is 48.1 Å². The molecule has 3 rings (SSSR count). The highest BCUT2D eigenvalue weighted by atomic mass is 32.2. The minimum absolute atomic E-state index is 1.30. The van der Waals surface area contributed by atoms with E-state index in [9.17, 15) is 0 Å². The molecule has 1 aromatic carbocycles. The third-order valence-corrected chi connectivity index (χ3v) is 9.06. The largest absolute Gasteiger partial charge is 0.303 e. The van der Waals surface area contributed by atoms with Gasteiger partial charge in [-0.1, -0.05) is 22.7 Å². The van der Waals surface area contributed by atoms with Crippen LogP contribution in [0.2, 0.25) is 0 Å². The van der Waals surface area contributed by atoms with Crippen molar-refractivity contribution in [2.75, 3.05) is 12.5 Å². The fraction of sp³-hybridized carbons (Fsp3) is 0.368.